The van der Waals surface area contributed by atoms with Crippen molar-refractivity contribution in [2.24, 2.45) is 0 Å². The van der Waals surface area contributed by atoms with Crippen LogP contribution in [0.3, 0.4) is 0 Å². The van der Waals surface area contributed by atoms with Gasteiger partial charge in [0.2, 0.25) is 16.9 Å². The molecule has 0 bridgehead atoms. The Morgan fingerprint density at radius 2 is 1.73 bits per heavy atom. The van der Waals surface area contributed by atoms with Gasteiger partial charge in [-0.1, -0.05) is 0 Å². The molecule has 7 heteroatoms. The van der Waals surface area contributed by atoms with E-state index in [0.717, 1.165) is 0 Å². The molecule has 22 heavy (non-hydrogen) atoms. The summed E-state index contributed by atoms with van der Waals surface area (Å²) in [5.41, 5.74) is -0.748. The molecule has 0 aliphatic heterocycles. The minimum absolute atomic E-state index is 0.0224. The van der Waals surface area contributed by atoms with Crippen LogP contribution in [0, 0.1) is 0 Å². The first-order valence-corrected chi connectivity index (χ1v) is 6.24. The second kappa shape index (κ2) is 4.73. The van der Waals surface area contributed by atoms with Crippen molar-refractivity contribution in [2.75, 3.05) is 14.2 Å². The molecule has 7 nitrogen and oxygen atoms in total. The van der Waals surface area contributed by atoms with Crippen molar-refractivity contribution in [1.29, 1.82) is 0 Å². The van der Waals surface area contributed by atoms with Crippen LogP contribution < -0.4 is 14.9 Å². The van der Waals surface area contributed by atoms with Gasteiger partial charge in [0.15, 0.2) is 11.3 Å². The molecule has 3 rings (SSSR count). The summed E-state index contributed by atoms with van der Waals surface area (Å²) in [6.45, 7) is 0. The summed E-state index contributed by atoms with van der Waals surface area (Å²) in [5.74, 6) is -1.26. The standard InChI is InChI=1S/C15H12O7/c1-20-6-3-8(16)11-9(4-6)22-15-7(12(11)17)5-10(21-2)13(18)14(15)19/h3-5,16,18-19H,1-2H3. The van der Waals surface area contributed by atoms with Gasteiger partial charge in [0.05, 0.1) is 19.6 Å². The highest BCUT2D eigenvalue weighted by Gasteiger charge is 2.20. The fourth-order valence-corrected chi connectivity index (χ4v) is 2.29. The van der Waals surface area contributed by atoms with Gasteiger partial charge in [-0.15, -0.1) is 0 Å². The Labute approximate surface area is 123 Å². The van der Waals surface area contributed by atoms with E-state index >= 15 is 0 Å². The van der Waals surface area contributed by atoms with Crippen LogP contribution in [-0.4, -0.2) is 29.5 Å². The van der Waals surface area contributed by atoms with Gasteiger partial charge in [-0.2, -0.15) is 0 Å². The predicted molar refractivity (Wildman–Crippen MR) is 78.1 cm³/mol. The lowest BCUT2D eigenvalue weighted by molar-refractivity contribution is 0.351. The first-order valence-electron chi connectivity index (χ1n) is 6.24. The smallest absolute Gasteiger partial charge is 0.205 e. The Hall–Kier alpha value is -3.09. The largest absolute Gasteiger partial charge is 0.507 e. The zero-order chi connectivity index (χ0) is 16.0. The molecule has 0 aliphatic rings. The van der Waals surface area contributed by atoms with E-state index in [-0.39, 0.29) is 39.2 Å². The number of hydrogen-bond acceptors (Lipinski definition) is 7. The minimum atomic E-state index is -0.615. The summed E-state index contributed by atoms with van der Waals surface area (Å²) in [4.78, 5) is 12.5. The molecule has 1 heterocycles. The van der Waals surface area contributed by atoms with E-state index in [0.29, 0.717) is 0 Å². The predicted octanol–water partition coefficient (Wildman–Crippen LogP) is 2.08. The first-order chi connectivity index (χ1) is 10.5. The van der Waals surface area contributed by atoms with E-state index in [9.17, 15) is 20.1 Å². The number of fused-ring (bicyclic) bond motifs is 2. The lowest BCUT2D eigenvalue weighted by Crippen LogP contribution is -2.03. The molecular formula is C15H12O7. The third-order valence-electron chi connectivity index (χ3n) is 3.39. The molecule has 3 N–H and O–H groups in total. The van der Waals surface area contributed by atoms with Crippen molar-refractivity contribution in [3.63, 3.8) is 0 Å². The Bertz CT molecular complexity index is 956. The van der Waals surface area contributed by atoms with Gasteiger partial charge in [0.25, 0.3) is 0 Å². The van der Waals surface area contributed by atoms with E-state index < -0.39 is 16.9 Å². The molecule has 3 aromatic rings. The molecule has 0 spiro atoms. The van der Waals surface area contributed by atoms with E-state index in [1.165, 1.54) is 32.4 Å². The van der Waals surface area contributed by atoms with Crippen LogP contribution in [0.25, 0.3) is 21.9 Å². The summed E-state index contributed by atoms with van der Waals surface area (Å²) in [6, 6.07) is 3.92. The summed E-state index contributed by atoms with van der Waals surface area (Å²) < 4.78 is 15.3. The molecule has 0 atom stereocenters. The third kappa shape index (κ3) is 1.79. The van der Waals surface area contributed by atoms with E-state index in [4.69, 9.17) is 13.9 Å². The molecule has 0 fully saturated rings. The summed E-state index contributed by atoms with van der Waals surface area (Å²) >= 11 is 0. The fraction of sp³-hybridized carbons (Fsp3) is 0.133. The fourth-order valence-electron chi connectivity index (χ4n) is 2.29. The van der Waals surface area contributed by atoms with Crippen molar-refractivity contribution >= 4 is 21.9 Å². The maximum atomic E-state index is 12.5. The summed E-state index contributed by atoms with van der Waals surface area (Å²) in [5, 5.41) is 29.7. The second-order valence-corrected chi connectivity index (χ2v) is 4.60. The van der Waals surface area contributed by atoms with E-state index in [1.807, 2.05) is 0 Å². The summed E-state index contributed by atoms with van der Waals surface area (Å²) in [7, 11) is 2.68. The number of methoxy groups -OCH3 is 2. The molecule has 0 amide bonds. The van der Waals surface area contributed by atoms with Crippen molar-refractivity contribution in [3.05, 3.63) is 28.4 Å². The zero-order valence-electron chi connectivity index (χ0n) is 11.7. The Kier molecular flexibility index (Phi) is 2.98. The van der Waals surface area contributed by atoms with Crippen LogP contribution in [0.4, 0.5) is 0 Å². The molecule has 0 saturated carbocycles. The quantitative estimate of drug-likeness (QED) is 0.491. The molecular weight excluding hydrogens is 292 g/mol. The van der Waals surface area contributed by atoms with Crippen LogP contribution >= 0.6 is 0 Å². The van der Waals surface area contributed by atoms with Gasteiger partial charge in [-0.3, -0.25) is 4.79 Å². The highest BCUT2D eigenvalue weighted by Crippen LogP contribution is 2.42. The number of aromatic hydroxyl groups is 3. The molecule has 2 aromatic carbocycles. The molecule has 114 valence electrons. The van der Waals surface area contributed by atoms with Crippen LogP contribution in [0.15, 0.2) is 27.4 Å². The van der Waals surface area contributed by atoms with Crippen molar-refractivity contribution in [2.45, 2.75) is 0 Å². The van der Waals surface area contributed by atoms with Gasteiger partial charge in [-0.25, -0.2) is 0 Å². The highest BCUT2D eigenvalue weighted by molar-refractivity contribution is 5.97. The van der Waals surface area contributed by atoms with Gasteiger partial charge in [0, 0.05) is 12.1 Å². The van der Waals surface area contributed by atoms with Crippen LogP contribution in [-0.2, 0) is 0 Å². The van der Waals surface area contributed by atoms with Gasteiger partial charge in [-0.05, 0) is 6.07 Å². The van der Waals surface area contributed by atoms with Gasteiger partial charge in [0.1, 0.15) is 22.5 Å². The van der Waals surface area contributed by atoms with Crippen LogP contribution in [0.1, 0.15) is 0 Å². The number of phenols is 3. The monoisotopic (exact) mass is 304 g/mol. The van der Waals surface area contributed by atoms with Crippen molar-refractivity contribution in [3.8, 4) is 28.7 Å². The van der Waals surface area contributed by atoms with Crippen LogP contribution in [0.2, 0.25) is 0 Å². The Morgan fingerprint density at radius 1 is 1.00 bits per heavy atom. The zero-order valence-corrected chi connectivity index (χ0v) is 11.7. The average molecular weight is 304 g/mol. The molecule has 0 radical (unpaired) electrons. The first kappa shape index (κ1) is 13.9. The lowest BCUT2D eigenvalue weighted by Gasteiger charge is -2.10. The maximum absolute atomic E-state index is 12.5. The normalized spacial score (nSPS) is 11.0. The topological polar surface area (TPSA) is 109 Å². The van der Waals surface area contributed by atoms with Gasteiger partial charge >= 0.3 is 0 Å². The number of ether oxygens (including phenoxy) is 2. The number of phenolic OH excluding ortho intramolecular Hbond substituents is 3. The Balaban J connectivity index is 2.55. The second-order valence-electron chi connectivity index (χ2n) is 4.60. The van der Waals surface area contributed by atoms with Gasteiger partial charge < -0.3 is 29.2 Å². The minimum Gasteiger partial charge on any atom is -0.507 e. The van der Waals surface area contributed by atoms with Crippen molar-refractivity contribution < 1.29 is 29.2 Å². The van der Waals surface area contributed by atoms with Crippen LogP contribution in [0.5, 0.6) is 28.7 Å². The third-order valence-corrected chi connectivity index (χ3v) is 3.39. The van der Waals surface area contributed by atoms with E-state index in [2.05, 4.69) is 0 Å². The SMILES string of the molecule is COc1cc(O)c2c(=O)c3cc(OC)c(O)c(O)c3oc2c1. The summed E-state index contributed by atoms with van der Waals surface area (Å²) in [6.07, 6.45) is 0. The lowest BCUT2D eigenvalue weighted by atomic mass is 10.1. The molecule has 0 saturated heterocycles. The average Bonchev–Trinajstić information content (AvgIpc) is 2.50. The number of rotatable bonds is 2. The van der Waals surface area contributed by atoms with Crippen molar-refractivity contribution in [1.82, 2.24) is 0 Å². The number of benzene rings is 2. The Morgan fingerprint density at radius 3 is 2.36 bits per heavy atom. The number of hydrogen-bond donors (Lipinski definition) is 3. The molecule has 0 unspecified atom stereocenters. The molecule has 1 aromatic heterocycles. The highest BCUT2D eigenvalue weighted by atomic mass is 16.5. The van der Waals surface area contributed by atoms with E-state index in [1.54, 1.807) is 0 Å². The molecule has 0 aliphatic carbocycles. The maximum Gasteiger partial charge on any atom is 0.205 e.